The van der Waals surface area contributed by atoms with Crippen molar-refractivity contribution in [3.63, 3.8) is 0 Å². The molecule has 1 fully saturated rings. The number of rotatable bonds is 6. The highest BCUT2D eigenvalue weighted by molar-refractivity contribution is 7.10. The number of likely N-dealkylation sites (tertiary alicyclic amines) is 1. The highest BCUT2D eigenvalue weighted by atomic mass is 32.1. The molecule has 1 aromatic rings. The summed E-state index contributed by atoms with van der Waals surface area (Å²) in [6, 6.07) is 6.43. The number of nitrogens with zero attached hydrogens (tertiary/aromatic N) is 1. The zero-order valence-electron chi connectivity index (χ0n) is 11.9. The molecule has 2 heterocycles. The second kappa shape index (κ2) is 6.69. The number of nitrogens with one attached hydrogen (secondary N) is 1. The first-order chi connectivity index (χ1) is 8.72. The largest absolute Gasteiger partial charge is 0.308 e. The van der Waals surface area contributed by atoms with E-state index in [4.69, 9.17) is 0 Å². The van der Waals surface area contributed by atoms with Crippen LogP contribution in [0.1, 0.15) is 51.0 Å². The van der Waals surface area contributed by atoms with Gasteiger partial charge in [0, 0.05) is 36.1 Å². The predicted molar refractivity (Wildman–Crippen MR) is 80.2 cm³/mol. The maximum atomic E-state index is 3.65. The van der Waals surface area contributed by atoms with Crippen molar-refractivity contribution in [2.45, 2.75) is 58.2 Å². The summed E-state index contributed by atoms with van der Waals surface area (Å²) in [5.41, 5.74) is 0. The molecule has 0 aliphatic carbocycles. The monoisotopic (exact) mass is 266 g/mol. The van der Waals surface area contributed by atoms with Gasteiger partial charge in [0.15, 0.2) is 0 Å². The molecule has 1 aromatic heterocycles. The third kappa shape index (κ3) is 3.34. The highest BCUT2D eigenvalue weighted by Crippen LogP contribution is 2.25. The Kier molecular flexibility index (Phi) is 5.22. The van der Waals surface area contributed by atoms with Crippen molar-refractivity contribution >= 4 is 11.3 Å². The topological polar surface area (TPSA) is 15.3 Å². The van der Waals surface area contributed by atoms with E-state index in [0.717, 1.165) is 18.6 Å². The van der Waals surface area contributed by atoms with Gasteiger partial charge in [0.25, 0.3) is 0 Å². The first-order valence-electron chi connectivity index (χ1n) is 7.25. The molecule has 0 bridgehead atoms. The average Bonchev–Trinajstić information content (AvgIpc) is 3.00. The lowest BCUT2D eigenvalue weighted by atomic mass is 10.1. The van der Waals surface area contributed by atoms with Crippen LogP contribution >= 0.6 is 11.3 Å². The predicted octanol–water partition coefficient (Wildman–Crippen LogP) is 3.66. The van der Waals surface area contributed by atoms with Gasteiger partial charge in [-0.25, -0.2) is 0 Å². The maximum Gasteiger partial charge on any atom is 0.0386 e. The molecular formula is C15H26N2S. The first-order valence-corrected chi connectivity index (χ1v) is 8.12. The second-order valence-corrected chi connectivity index (χ2v) is 6.40. The summed E-state index contributed by atoms with van der Waals surface area (Å²) >= 11 is 1.84. The van der Waals surface area contributed by atoms with E-state index in [1.807, 2.05) is 11.3 Å². The Hall–Kier alpha value is -0.380. The molecule has 0 spiro atoms. The van der Waals surface area contributed by atoms with Crippen LogP contribution in [0.5, 0.6) is 0 Å². The molecule has 1 aliphatic rings. The third-order valence-electron chi connectivity index (χ3n) is 4.21. The lowest BCUT2D eigenvalue weighted by Crippen LogP contribution is -2.39. The number of hydrogen-bond donors (Lipinski definition) is 1. The van der Waals surface area contributed by atoms with Gasteiger partial charge < -0.3 is 5.32 Å². The molecule has 18 heavy (non-hydrogen) atoms. The summed E-state index contributed by atoms with van der Waals surface area (Å²) in [6.07, 6.45) is 4.06. The lowest BCUT2D eigenvalue weighted by molar-refractivity contribution is 0.197. The van der Waals surface area contributed by atoms with E-state index < -0.39 is 0 Å². The van der Waals surface area contributed by atoms with Gasteiger partial charge in [0.05, 0.1) is 0 Å². The molecule has 2 nitrogen and oxygen atoms in total. The van der Waals surface area contributed by atoms with Gasteiger partial charge in [-0.2, -0.15) is 0 Å². The summed E-state index contributed by atoms with van der Waals surface area (Å²) < 4.78 is 0. The fourth-order valence-corrected chi connectivity index (χ4v) is 3.77. The van der Waals surface area contributed by atoms with Gasteiger partial charge in [0.2, 0.25) is 0 Å². The maximum absolute atomic E-state index is 3.65. The number of thiophene rings is 1. The van der Waals surface area contributed by atoms with Crippen molar-refractivity contribution in [1.82, 2.24) is 10.2 Å². The average molecular weight is 266 g/mol. The summed E-state index contributed by atoms with van der Waals surface area (Å²) in [7, 11) is 0. The minimum Gasteiger partial charge on any atom is -0.308 e. The molecule has 1 aliphatic heterocycles. The van der Waals surface area contributed by atoms with Crippen LogP contribution in [0.25, 0.3) is 0 Å². The Labute approximate surface area is 115 Å². The molecule has 0 saturated carbocycles. The van der Waals surface area contributed by atoms with Gasteiger partial charge in [-0.05, 0) is 44.6 Å². The molecule has 0 aromatic carbocycles. The van der Waals surface area contributed by atoms with Gasteiger partial charge in [-0.15, -0.1) is 11.3 Å². The van der Waals surface area contributed by atoms with Crippen molar-refractivity contribution in [3.05, 3.63) is 22.4 Å². The molecule has 3 atom stereocenters. The van der Waals surface area contributed by atoms with Crippen LogP contribution in [0.3, 0.4) is 0 Å². The zero-order chi connectivity index (χ0) is 13.0. The van der Waals surface area contributed by atoms with Crippen molar-refractivity contribution in [2.24, 2.45) is 0 Å². The Morgan fingerprint density at radius 1 is 1.50 bits per heavy atom. The molecule has 0 amide bonds. The van der Waals surface area contributed by atoms with Crippen LogP contribution in [-0.2, 0) is 0 Å². The van der Waals surface area contributed by atoms with Crippen molar-refractivity contribution < 1.29 is 0 Å². The fraction of sp³-hybridized carbons (Fsp3) is 0.733. The summed E-state index contributed by atoms with van der Waals surface area (Å²) in [4.78, 5) is 4.13. The molecule has 1 saturated heterocycles. The Balaban J connectivity index is 1.74. The second-order valence-electron chi connectivity index (χ2n) is 5.42. The van der Waals surface area contributed by atoms with Crippen LogP contribution in [0, 0.1) is 0 Å². The van der Waals surface area contributed by atoms with E-state index in [9.17, 15) is 0 Å². The van der Waals surface area contributed by atoms with Crippen LogP contribution in [-0.4, -0.2) is 30.1 Å². The summed E-state index contributed by atoms with van der Waals surface area (Å²) in [5, 5.41) is 5.80. The molecular weight excluding hydrogens is 240 g/mol. The Morgan fingerprint density at radius 2 is 2.33 bits per heavy atom. The lowest BCUT2D eigenvalue weighted by Gasteiger charge is -2.28. The molecule has 102 valence electrons. The van der Waals surface area contributed by atoms with Gasteiger partial charge >= 0.3 is 0 Å². The fourth-order valence-electron chi connectivity index (χ4n) is 3.02. The molecule has 3 unspecified atom stereocenters. The summed E-state index contributed by atoms with van der Waals surface area (Å²) in [6.45, 7) is 9.24. The standard InChI is InChI=1S/C15H26N2S/c1-4-14-8-7-12(2)17(14)10-9-16-13(3)15-6-5-11-18-15/h5-6,11-14,16H,4,7-10H2,1-3H3. The van der Waals surface area contributed by atoms with E-state index in [1.165, 1.54) is 30.7 Å². The Morgan fingerprint density at radius 3 is 3.00 bits per heavy atom. The van der Waals surface area contributed by atoms with E-state index in [-0.39, 0.29) is 0 Å². The minimum atomic E-state index is 0.489. The van der Waals surface area contributed by atoms with Gasteiger partial charge in [-0.1, -0.05) is 13.0 Å². The van der Waals surface area contributed by atoms with Crippen molar-refractivity contribution in [2.75, 3.05) is 13.1 Å². The highest BCUT2D eigenvalue weighted by Gasteiger charge is 2.28. The third-order valence-corrected chi connectivity index (χ3v) is 5.27. The normalized spacial score (nSPS) is 26.6. The van der Waals surface area contributed by atoms with Crippen LogP contribution in [0.2, 0.25) is 0 Å². The molecule has 2 rings (SSSR count). The van der Waals surface area contributed by atoms with Crippen LogP contribution in [0.4, 0.5) is 0 Å². The minimum absolute atomic E-state index is 0.489. The van der Waals surface area contributed by atoms with E-state index in [1.54, 1.807) is 0 Å². The van der Waals surface area contributed by atoms with Crippen LogP contribution in [0.15, 0.2) is 17.5 Å². The van der Waals surface area contributed by atoms with Crippen molar-refractivity contribution in [1.29, 1.82) is 0 Å². The molecule has 3 heteroatoms. The van der Waals surface area contributed by atoms with E-state index in [0.29, 0.717) is 6.04 Å². The quantitative estimate of drug-likeness (QED) is 0.845. The smallest absolute Gasteiger partial charge is 0.0386 e. The molecule has 1 N–H and O–H groups in total. The summed E-state index contributed by atoms with van der Waals surface area (Å²) in [5.74, 6) is 0. The van der Waals surface area contributed by atoms with Gasteiger partial charge in [0.1, 0.15) is 0 Å². The van der Waals surface area contributed by atoms with E-state index >= 15 is 0 Å². The van der Waals surface area contributed by atoms with Crippen LogP contribution < -0.4 is 5.32 Å². The van der Waals surface area contributed by atoms with Crippen molar-refractivity contribution in [3.8, 4) is 0 Å². The number of hydrogen-bond acceptors (Lipinski definition) is 3. The molecule has 0 radical (unpaired) electrons. The first kappa shape index (κ1) is 14.0. The SMILES string of the molecule is CCC1CCC(C)N1CCNC(C)c1cccs1. The Bertz CT molecular complexity index is 336. The van der Waals surface area contributed by atoms with E-state index in [2.05, 4.69) is 48.5 Å². The van der Waals surface area contributed by atoms with Gasteiger partial charge in [-0.3, -0.25) is 4.90 Å². The zero-order valence-corrected chi connectivity index (χ0v) is 12.7.